The van der Waals surface area contributed by atoms with Gasteiger partial charge in [0.05, 0.1) is 5.56 Å². The third-order valence-electron chi connectivity index (χ3n) is 3.05. The zero-order valence-electron chi connectivity index (χ0n) is 9.15. The molecule has 5 heteroatoms. The van der Waals surface area contributed by atoms with Gasteiger partial charge in [-0.05, 0) is 49.5 Å². The lowest BCUT2D eigenvalue weighted by molar-refractivity contribution is -0.137. The summed E-state index contributed by atoms with van der Waals surface area (Å²) in [6.07, 6.45) is -2.53. The van der Waals surface area contributed by atoms with E-state index in [1.165, 1.54) is 6.07 Å². The Morgan fingerprint density at radius 2 is 2.12 bits per heavy atom. The molecule has 1 unspecified atom stereocenters. The van der Waals surface area contributed by atoms with Gasteiger partial charge in [-0.25, -0.2) is 0 Å². The summed E-state index contributed by atoms with van der Waals surface area (Å²) >= 11 is 5.89. The molecule has 1 aromatic carbocycles. The molecule has 2 rings (SSSR count). The summed E-state index contributed by atoms with van der Waals surface area (Å²) < 4.78 is 37.3. The van der Waals surface area contributed by atoms with Crippen LogP contribution in [0.25, 0.3) is 0 Å². The predicted octanol–water partition coefficient (Wildman–Crippen LogP) is 3.51. The Hall–Kier alpha value is -0.740. The molecule has 17 heavy (non-hydrogen) atoms. The van der Waals surface area contributed by atoms with Crippen molar-refractivity contribution in [3.63, 3.8) is 0 Å². The van der Waals surface area contributed by atoms with Gasteiger partial charge in [-0.1, -0.05) is 17.7 Å². The molecule has 1 atom stereocenters. The number of hydrogen-bond donors (Lipinski definition) is 1. The molecule has 0 radical (unpaired) electrons. The van der Waals surface area contributed by atoms with Crippen LogP contribution in [0.15, 0.2) is 18.2 Å². The van der Waals surface area contributed by atoms with E-state index in [2.05, 4.69) is 5.32 Å². The number of nitrogens with one attached hydrogen (secondary N) is 1. The summed E-state index contributed by atoms with van der Waals surface area (Å²) in [6.45, 7) is 1.89. The SMILES string of the molecule is FC(F)(F)c1ccc(CC2CCNC2)c(Cl)c1. The first-order valence-corrected chi connectivity index (χ1v) is 5.91. The average molecular weight is 264 g/mol. The molecule has 1 N–H and O–H groups in total. The van der Waals surface area contributed by atoms with Gasteiger partial charge < -0.3 is 5.32 Å². The standard InChI is InChI=1S/C12H13ClF3N/c13-11-6-10(12(14,15)16)2-1-9(11)5-8-3-4-17-7-8/h1-2,6,8,17H,3-5,7H2. The zero-order valence-corrected chi connectivity index (χ0v) is 9.91. The van der Waals surface area contributed by atoms with Crippen LogP contribution in [0.4, 0.5) is 13.2 Å². The minimum Gasteiger partial charge on any atom is -0.316 e. The quantitative estimate of drug-likeness (QED) is 0.861. The van der Waals surface area contributed by atoms with Crippen molar-refractivity contribution in [1.82, 2.24) is 5.32 Å². The van der Waals surface area contributed by atoms with Crippen LogP contribution in [-0.4, -0.2) is 13.1 Å². The molecule has 1 heterocycles. The number of halogens is 4. The van der Waals surface area contributed by atoms with Gasteiger partial charge in [0, 0.05) is 5.02 Å². The minimum absolute atomic E-state index is 0.215. The van der Waals surface area contributed by atoms with Gasteiger partial charge in [-0.3, -0.25) is 0 Å². The summed E-state index contributed by atoms with van der Waals surface area (Å²) in [5, 5.41) is 3.44. The Morgan fingerprint density at radius 3 is 2.65 bits per heavy atom. The van der Waals surface area contributed by atoms with Crippen molar-refractivity contribution in [3.05, 3.63) is 34.3 Å². The largest absolute Gasteiger partial charge is 0.416 e. The van der Waals surface area contributed by atoms with Gasteiger partial charge in [0.15, 0.2) is 0 Å². The highest BCUT2D eigenvalue weighted by atomic mass is 35.5. The van der Waals surface area contributed by atoms with E-state index >= 15 is 0 Å². The van der Waals surface area contributed by atoms with Gasteiger partial charge >= 0.3 is 6.18 Å². The molecule has 0 aromatic heterocycles. The van der Waals surface area contributed by atoms with Crippen molar-refractivity contribution < 1.29 is 13.2 Å². The van der Waals surface area contributed by atoms with E-state index in [1.54, 1.807) is 0 Å². The molecule has 0 aliphatic carbocycles. The molecule has 1 aliphatic rings. The van der Waals surface area contributed by atoms with E-state index in [0.29, 0.717) is 5.92 Å². The fourth-order valence-corrected chi connectivity index (χ4v) is 2.35. The second-order valence-corrected chi connectivity index (χ2v) is 4.77. The number of benzene rings is 1. The average Bonchev–Trinajstić information content (AvgIpc) is 2.72. The zero-order chi connectivity index (χ0) is 12.5. The third-order valence-corrected chi connectivity index (χ3v) is 3.40. The maximum atomic E-state index is 12.4. The molecule has 1 aliphatic heterocycles. The Kier molecular flexibility index (Phi) is 3.64. The van der Waals surface area contributed by atoms with Crippen LogP contribution in [0, 0.1) is 5.92 Å². The molecule has 94 valence electrons. The van der Waals surface area contributed by atoms with E-state index in [9.17, 15) is 13.2 Å². The first-order valence-electron chi connectivity index (χ1n) is 5.53. The lowest BCUT2D eigenvalue weighted by atomic mass is 9.98. The minimum atomic E-state index is -4.32. The van der Waals surface area contributed by atoms with Crippen LogP contribution in [0.5, 0.6) is 0 Å². The highest BCUT2D eigenvalue weighted by molar-refractivity contribution is 6.31. The van der Waals surface area contributed by atoms with Gasteiger partial charge in [-0.2, -0.15) is 13.2 Å². The molecule has 1 saturated heterocycles. The van der Waals surface area contributed by atoms with Crippen LogP contribution in [0.1, 0.15) is 17.5 Å². The fourth-order valence-electron chi connectivity index (χ4n) is 2.09. The molecule has 0 bridgehead atoms. The van der Waals surface area contributed by atoms with Gasteiger partial charge in [0.25, 0.3) is 0 Å². The maximum Gasteiger partial charge on any atom is 0.416 e. The summed E-state index contributed by atoms with van der Waals surface area (Å²) in [7, 11) is 0. The van der Waals surface area contributed by atoms with Crippen molar-refractivity contribution in [1.29, 1.82) is 0 Å². The van der Waals surface area contributed by atoms with Crippen LogP contribution in [0.2, 0.25) is 5.02 Å². The Morgan fingerprint density at radius 1 is 1.35 bits per heavy atom. The highest BCUT2D eigenvalue weighted by Gasteiger charge is 2.31. The second-order valence-electron chi connectivity index (χ2n) is 4.37. The van der Waals surface area contributed by atoms with E-state index in [-0.39, 0.29) is 5.02 Å². The van der Waals surface area contributed by atoms with E-state index in [0.717, 1.165) is 43.6 Å². The molecule has 1 aromatic rings. The number of alkyl halides is 3. The summed E-state index contributed by atoms with van der Waals surface area (Å²) in [5.41, 5.74) is 0.115. The first kappa shape index (κ1) is 12.7. The maximum absolute atomic E-state index is 12.4. The normalized spacial score (nSPS) is 20.8. The fraction of sp³-hybridized carbons (Fsp3) is 0.500. The van der Waals surface area contributed by atoms with Gasteiger partial charge in [-0.15, -0.1) is 0 Å². The van der Waals surface area contributed by atoms with Crippen molar-refractivity contribution in [2.45, 2.75) is 19.0 Å². The van der Waals surface area contributed by atoms with E-state index in [1.807, 2.05) is 0 Å². The Balaban J connectivity index is 2.14. The second kappa shape index (κ2) is 4.86. The molecule has 1 nitrogen and oxygen atoms in total. The number of hydrogen-bond acceptors (Lipinski definition) is 1. The lowest BCUT2D eigenvalue weighted by Crippen LogP contribution is -2.11. The first-order chi connectivity index (χ1) is 7.97. The topological polar surface area (TPSA) is 12.0 Å². The van der Waals surface area contributed by atoms with E-state index in [4.69, 9.17) is 11.6 Å². The van der Waals surface area contributed by atoms with Crippen molar-refractivity contribution in [2.24, 2.45) is 5.92 Å². The predicted molar refractivity (Wildman–Crippen MR) is 61.1 cm³/mol. The molecular weight excluding hydrogens is 251 g/mol. The molecule has 0 saturated carbocycles. The third kappa shape index (κ3) is 3.13. The Labute approximate surface area is 103 Å². The van der Waals surface area contributed by atoms with Gasteiger partial charge in [0.1, 0.15) is 0 Å². The summed E-state index contributed by atoms with van der Waals surface area (Å²) in [4.78, 5) is 0. The smallest absolute Gasteiger partial charge is 0.316 e. The Bertz CT molecular complexity index is 397. The van der Waals surface area contributed by atoms with Crippen LogP contribution in [0.3, 0.4) is 0 Å². The summed E-state index contributed by atoms with van der Waals surface area (Å²) in [5.74, 6) is 0.476. The monoisotopic (exact) mass is 263 g/mol. The molecular formula is C12H13ClF3N. The van der Waals surface area contributed by atoms with Crippen LogP contribution < -0.4 is 5.32 Å². The molecule has 0 spiro atoms. The lowest BCUT2D eigenvalue weighted by Gasteiger charge is -2.12. The van der Waals surface area contributed by atoms with Crippen molar-refractivity contribution in [2.75, 3.05) is 13.1 Å². The number of rotatable bonds is 2. The molecule has 1 fully saturated rings. The highest BCUT2D eigenvalue weighted by Crippen LogP contribution is 2.33. The van der Waals surface area contributed by atoms with Gasteiger partial charge in [0.2, 0.25) is 0 Å². The van der Waals surface area contributed by atoms with Crippen LogP contribution >= 0.6 is 11.6 Å². The van der Waals surface area contributed by atoms with E-state index < -0.39 is 11.7 Å². The molecule has 0 amide bonds. The summed E-state index contributed by atoms with van der Waals surface area (Å²) in [6, 6.07) is 3.60. The van der Waals surface area contributed by atoms with Crippen molar-refractivity contribution >= 4 is 11.6 Å². The van der Waals surface area contributed by atoms with Crippen molar-refractivity contribution in [3.8, 4) is 0 Å². The van der Waals surface area contributed by atoms with Crippen LogP contribution in [-0.2, 0) is 12.6 Å².